The Labute approximate surface area is 95.2 Å². The van der Waals surface area contributed by atoms with Crippen LogP contribution in [0.3, 0.4) is 0 Å². The zero-order chi connectivity index (χ0) is 12.6. The van der Waals surface area contributed by atoms with Gasteiger partial charge in [-0.15, -0.1) is 6.58 Å². The summed E-state index contributed by atoms with van der Waals surface area (Å²) < 4.78 is 28.5. The van der Waals surface area contributed by atoms with Crippen molar-refractivity contribution in [1.29, 1.82) is 5.26 Å². The molecule has 0 saturated heterocycles. The zero-order valence-corrected chi connectivity index (χ0v) is 9.87. The molecule has 16 heavy (non-hydrogen) atoms. The highest BCUT2D eigenvalue weighted by Crippen LogP contribution is 2.01. The predicted molar refractivity (Wildman–Crippen MR) is 57.8 cm³/mol. The first-order valence-electron chi connectivity index (χ1n) is 4.59. The van der Waals surface area contributed by atoms with Crippen LogP contribution in [0.1, 0.15) is 6.92 Å². The number of hydrogen-bond acceptors (Lipinski definition) is 5. The highest BCUT2D eigenvalue weighted by molar-refractivity contribution is 7.89. The van der Waals surface area contributed by atoms with Gasteiger partial charge in [0.2, 0.25) is 10.0 Å². The van der Waals surface area contributed by atoms with Gasteiger partial charge < -0.3 is 4.74 Å². The van der Waals surface area contributed by atoms with E-state index in [9.17, 15) is 13.2 Å². The molecule has 0 bridgehead atoms. The molecular formula is C9H14N2O4S. The zero-order valence-electron chi connectivity index (χ0n) is 9.05. The number of sulfonamides is 1. The van der Waals surface area contributed by atoms with Gasteiger partial charge in [-0.05, 0) is 6.92 Å². The van der Waals surface area contributed by atoms with E-state index in [-0.39, 0.29) is 13.2 Å². The molecule has 0 spiro atoms. The van der Waals surface area contributed by atoms with Crippen molar-refractivity contribution in [1.82, 2.24) is 4.31 Å². The van der Waals surface area contributed by atoms with Crippen LogP contribution in [0, 0.1) is 11.3 Å². The summed E-state index contributed by atoms with van der Waals surface area (Å²) in [5, 5.41) is 8.36. The van der Waals surface area contributed by atoms with E-state index < -0.39 is 28.3 Å². The smallest absolute Gasteiger partial charge is 0.321 e. The molecule has 0 aromatic rings. The molecular weight excluding hydrogens is 232 g/mol. The molecule has 0 rings (SSSR count). The third kappa shape index (κ3) is 4.91. The Morgan fingerprint density at radius 2 is 2.25 bits per heavy atom. The summed E-state index contributed by atoms with van der Waals surface area (Å²) in [6.45, 7) is 4.77. The summed E-state index contributed by atoms with van der Waals surface area (Å²) in [7, 11) is -3.75. The molecule has 0 amide bonds. The first-order chi connectivity index (χ1) is 7.47. The van der Waals surface area contributed by atoms with Crippen LogP contribution < -0.4 is 0 Å². The molecule has 0 aliphatic rings. The summed E-state index contributed by atoms with van der Waals surface area (Å²) in [5.74, 6) is -1.31. The van der Waals surface area contributed by atoms with Gasteiger partial charge in [-0.3, -0.25) is 4.79 Å². The van der Waals surface area contributed by atoms with Crippen molar-refractivity contribution in [3.63, 3.8) is 0 Å². The fourth-order valence-electron chi connectivity index (χ4n) is 0.944. The van der Waals surface area contributed by atoms with E-state index >= 15 is 0 Å². The number of rotatable bonds is 7. The maximum Gasteiger partial charge on any atom is 0.321 e. The Hall–Kier alpha value is -1.39. The maximum atomic E-state index is 11.5. The number of carbonyl (C=O) groups excluding carboxylic acids is 1. The lowest BCUT2D eigenvalue weighted by Crippen LogP contribution is -2.37. The maximum absolute atomic E-state index is 11.5. The third-order valence-corrected chi connectivity index (χ3v) is 3.14. The SMILES string of the molecule is C=CCN(CC(=O)OCC)S(=O)(=O)CC#N. The van der Waals surface area contributed by atoms with Crippen molar-refractivity contribution in [3.05, 3.63) is 12.7 Å². The van der Waals surface area contributed by atoms with Crippen LogP contribution in [0.2, 0.25) is 0 Å². The van der Waals surface area contributed by atoms with E-state index in [4.69, 9.17) is 5.26 Å². The average molecular weight is 246 g/mol. The lowest BCUT2D eigenvalue weighted by molar-refractivity contribution is -0.143. The van der Waals surface area contributed by atoms with Gasteiger partial charge in [0.15, 0.2) is 5.75 Å². The molecule has 0 N–H and O–H groups in total. The molecule has 6 nitrogen and oxygen atoms in total. The topological polar surface area (TPSA) is 87.5 Å². The molecule has 0 unspecified atom stereocenters. The number of hydrogen-bond donors (Lipinski definition) is 0. The fraction of sp³-hybridized carbons (Fsp3) is 0.556. The van der Waals surface area contributed by atoms with Gasteiger partial charge in [0, 0.05) is 6.54 Å². The average Bonchev–Trinajstić information content (AvgIpc) is 2.17. The first kappa shape index (κ1) is 14.6. The quantitative estimate of drug-likeness (QED) is 0.462. The van der Waals surface area contributed by atoms with Gasteiger partial charge >= 0.3 is 5.97 Å². The van der Waals surface area contributed by atoms with E-state index in [1.165, 1.54) is 12.1 Å². The van der Waals surface area contributed by atoms with Crippen molar-refractivity contribution < 1.29 is 17.9 Å². The second-order valence-corrected chi connectivity index (χ2v) is 4.77. The Morgan fingerprint density at radius 1 is 1.62 bits per heavy atom. The number of nitrogens with zero attached hydrogens (tertiary/aromatic N) is 2. The van der Waals surface area contributed by atoms with Crippen molar-refractivity contribution in [2.75, 3.05) is 25.4 Å². The summed E-state index contributed by atoms with van der Waals surface area (Å²) in [6.07, 6.45) is 1.34. The standard InChI is InChI=1S/C9H14N2O4S/c1-3-6-11(8-9(12)15-4-2)16(13,14)7-5-10/h3H,1,4,6-8H2,2H3. The number of nitriles is 1. The van der Waals surface area contributed by atoms with E-state index in [0.29, 0.717) is 0 Å². The second kappa shape index (κ2) is 6.98. The highest BCUT2D eigenvalue weighted by Gasteiger charge is 2.23. The van der Waals surface area contributed by atoms with Crippen LogP contribution in [0.5, 0.6) is 0 Å². The summed E-state index contributed by atoms with van der Waals surface area (Å²) in [4.78, 5) is 11.1. The Bertz CT molecular complexity index is 383. The molecule has 0 fully saturated rings. The molecule has 0 aliphatic carbocycles. The number of esters is 1. The van der Waals surface area contributed by atoms with Gasteiger partial charge in [-0.1, -0.05) is 6.08 Å². The van der Waals surface area contributed by atoms with Crippen molar-refractivity contribution in [2.24, 2.45) is 0 Å². The van der Waals surface area contributed by atoms with Gasteiger partial charge in [0.1, 0.15) is 6.54 Å². The van der Waals surface area contributed by atoms with Gasteiger partial charge in [0.05, 0.1) is 12.7 Å². The summed E-state index contributed by atoms with van der Waals surface area (Å²) in [6, 6.07) is 1.54. The molecule has 90 valence electrons. The molecule has 0 atom stereocenters. The van der Waals surface area contributed by atoms with Crippen molar-refractivity contribution in [3.8, 4) is 6.07 Å². The van der Waals surface area contributed by atoms with Crippen LogP contribution in [0.4, 0.5) is 0 Å². The normalized spacial score (nSPS) is 10.8. The summed E-state index contributed by atoms with van der Waals surface area (Å²) in [5.41, 5.74) is 0. The Kier molecular flexibility index (Phi) is 6.37. The third-order valence-electron chi connectivity index (χ3n) is 1.58. The number of ether oxygens (including phenoxy) is 1. The van der Waals surface area contributed by atoms with E-state index in [0.717, 1.165) is 4.31 Å². The highest BCUT2D eigenvalue weighted by atomic mass is 32.2. The van der Waals surface area contributed by atoms with Crippen LogP contribution in [0.25, 0.3) is 0 Å². The van der Waals surface area contributed by atoms with Gasteiger partial charge in [-0.25, -0.2) is 8.42 Å². The minimum absolute atomic E-state index is 0.0250. The van der Waals surface area contributed by atoms with Crippen LogP contribution >= 0.6 is 0 Å². The predicted octanol–water partition coefficient (Wildman–Crippen LogP) is -0.109. The summed E-state index contributed by atoms with van der Waals surface area (Å²) >= 11 is 0. The monoisotopic (exact) mass is 246 g/mol. The largest absolute Gasteiger partial charge is 0.465 e. The Morgan fingerprint density at radius 3 is 2.69 bits per heavy atom. The van der Waals surface area contributed by atoms with E-state index in [1.807, 2.05) is 0 Å². The first-order valence-corrected chi connectivity index (χ1v) is 6.20. The molecule has 0 radical (unpaired) electrons. The molecule has 0 aromatic heterocycles. The fourth-order valence-corrected chi connectivity index (χ4v) is 1.92. The Balaban J connectivity index is 4.68. The van der Waals surface area contributed by atoms with Crippen molar-refractivity contribution in [2.45, 2.75) is 6.92 Å². The molecule has 0 aliphatic heterocycles. The molecule has 0 aromatic carbocycles. The second-order valence-electron chi connectivity index (χ2n) is 2.80. The molecule has 0 saturated carbocycles. The van der Waals surface area contributed by atoms with Crippen LogP contribution in [0.15, 0.2) is 12.7 Å². The number of carbonyl (C=O) groups is 1. The molecule has 7 heteroatoms. The van der Waals surface area contributed by atoms with Gasteiger partial charge in [-0.2, -0.15) is 9.57 Å². The lowest BCUT2D eigenvalue weighted by Gasteiger charge is -2.17. The van der Waals surface area contributed by atoms with Crippen molar-refractivity contribution >= 4 is 16.0 Å². The van der Waals surface area contributed by atoms with E-state index in [1.54, 1.807) is 6.92 Å². The van der Waals surface area contributed by atoms with Crippen LogP contribution in [-0.2, 0) is 19.6 Å². The lowest BCUT2D eigenvalue weighted by atomic mass is 10.5. The minimum Gasteiger partial charge on any atom is -0.465 e. The van der Waals surface area contributed by atoms with Crippen LogP contribution in [-0.4, -0.2) is 44.1 Å². The molecule has 0 heterocycles. The van der Waals surface area contributed by atoms with Gasteiger partial charge in [0.25, 0.3) is 0 Å². The minimum atomic E-state index is -3.75. The van der Waals surface area contributed by atoms with E-state index in [2.05, 4.69) is 11.3 Å².